The van der Waals surface area contributed by atoms with Gasteiger partial charge in [-0.3, -0.25) is 9.78 Å². The zero-order chi connectivity index (χ0) is 14.4. The number of hydrogen-bond acceptors (Lipinski definition) is 3. The van der Waals surface area contributed by atoms with Crippen LogP contribution in [0.1, 0.15) is 42.5 Å². The lowest BCUT2D eigenvalue weighted by Gasteiger charge is -2.34. The molecule has 110 valence electrons. The van der Waals surface area contributed by atoms with Crippen LogP contribution in [0, 0.1) is 0 Å². The minimum atomic E-state index is -0.00296. The molecular weight excluding hydrogens is 276 g/mol. The fourth-order valence-electron chi connectivity index (χ4n) is 2.81. The molecule has 2 rings (SSSR count). The SMILES string of the molecule is COc1cnccc1C(=O)N(CCCl)C1CCCCC1. The van der Waals surface area contributed by atoms with Gasteiger partial charge in [-0.1, -0.05) is 19.3 Å². The number of ether oxygens (including phenoxy) is 1. The minimum Gasteiger partial charge on any atom is -0.494 e. The van der Waals surface area contributed by atoms with Crippen LogP contribution in [-0.4, -0.2) is 41.4 Å². The molecule has 4 nitrogen and oxygen atoms in total. The van der Waals surface area contributed by atoms with Gasteiger partial charge < -0.3 is 9.64 Å². The molecule has 1 aliphatic rings. The molecule has 0 unspecified atom stereocenters. The van der Waals surface area contributed by atoms with Crippen LogP contribution in [0.25, 0.3) is 0 Å². The first-order valence-electron chi connectivity index (χ1n) is 7.13. The number of aromatic nitrogens is 1. The van der Waals surface area contributed by atoms with Crippen molar-refractivity contribution in [3.63, 3.8) is 0 Å². The second-order valence-corrected chi connectivity index (χ2v) is 5.43. The van der Waals surface area contributed by atoms with Gasteiger partial charge in [-0.2, -0.15) is 0 Å². The Kier molecular flexibility index (Phi) is 5.65. The van der Waals surface area contributed by atoms with Gasteiger partial charge in [0.1, 0.15) is 5.75 Å². The zero-order valence-corrected chi connectivity index (χ0v) is 12.6. The van der Waals surface area contributed by atoms with Gasteiger partial charge >= 0.3 is 0 Å². The standard InChI is InChI=1S/C15H21ClN2O2/c1-20-14-11-17-9-7-13(14)15(19)18(10-8-16)12-5-3-2-4-6-12/h7,9,11-12H,2-6,8,10H2,1H3. The molecule has 1 aromatic heterocycles. The summed E-state index contributed by atoms with van der Waals surface area (Å²) in [5, 5.41) is 0. The molecule has 0 aliphatic heterocycles. The Morgan fingerprint density at radius 3 is 2.85 bits per heavy atom. The maximum absolute atomic E-state index is 12.8. The summed E-state index contributed by atoms with van der Waals surface area (Å²) in [5.74, 6) is 0.972. The van der Waals surface area contributed by atoms with Crippen molar-refractivity contribution >= 4 is 17.5 Å². The van der Waals surface area contributed by atoms with Gasteiger partial charge in [-0.25, -0.2) is 0 Å². The molecule has 0 atom stereocenters. The molecule has 5 heteroatoms. The second-order valence-electron chi connectivity index (χ2n) is 5.06. The highest BCUT2D eigenvalue weighted by Crippen LogP contribution is 2.26. The number of alkyl halides is 1. The second kappa shape index (κ2) is 7.48. The lowest BCUT2D eigenvalue weighted by molar-refractivity contribution is 0.0646. The molecule has 0 radical (unpaired) electrons. The summed E-state index contributed by atoms with van der Waals surface area (Å²) in [7, 11) is 1.56. The Morgan fingerprint density at radius 1 is 1.45 bits per heavy atom. The van der Waals surface area contributed by atoms with Gasteiger partial charge in [0, 0.05) is 24.7 Å². The van der Waals surface area contributed by atoms with E-state index in [0.29, 0.717) is 29.8 Å². The molecule has 0 aromatic carbocycles. The topological polar surface area (TPSA) is 42.4 Å². The van der Waals surface area contributed by atoms with Crippen molar-refractivity contribution in [2.75, 3.05) is 19.5 Å². The molecule has 0 spiro atoms. The summed E-state index contributed by atoms with van der Waals surface area (Å²) in [6.45, 7) is 0.580. The van der Waals surface area contributed by atoms with Crippen molar-refractivity contribution in [2.24, 2.45) is 0 Å². The van der Waals surface area contributed by atoms with Crippen LogP contribution in [0.4, 0.5) is 0 Å². The van der Waals surface area contributed by atoms with Gasteiger partial charge in [0.05, 0.1) is 18.9 Å². The van der Waals surface area contributed by atoms with E-state index in [9.17, 15) is 4.79 Å². The van der Waals surface area contributed by atoms with Gasteiger partial charge in [0.2, 0.25) is 0 Å². The maximum atomic E-state index is 12.8. The van der Waals surface area contributed by atoms with Crippen LogP contribution in [0.15, 0.2) is 18.5 Å². The van der Waals surface area contributed by atoms with E-state index in [1.165, 1.54) is 19.3 Å². The summed E-state index contributed by atoms with van der Waals surface area (Å²) in [6.07, 6.45) is 8.96. The van der Waals surface area contributed by atoms with E-state index in [4.69, 9.17) is 16.3 Å². The number of carbonyl (C=O) groups is 1. The monoisotopic (exact) mass is 296 g/mol. The quantitative estimate of drug-likeness (QED) is 0.784. The Bertz CT molecular complexity index is 447. The third-order valence-electron chi connectivity index (χ3n) is 3.84. The highest BCUT2D eigenvalue weighted by atomic mass is 35.5. The predicted octanol–water partition coefficient (Wildman–Crippen LogP) is 3.10. The van der Waals surface area contributed by atoms with Gasteiger partial charge in [0.15, 0.2) is 0 Å². The molecule has 1 aliphatic carbocycles. The van der Waals surface area contributed by atoms with Crippen molar-refractivity contribution in [1.82, 2.24) is 9.88 Å². The lowest BCUT2D eigenvalue weighted by atomic mass is 9.93. The maximum Gasteiger partial charge on any atom is 0.258 e. The fourth-order valence-corrected chi connectivity index (χ4v) is 2.99. The molecule has 1 aromatic rings. The summed E-state index contributed by atoms with van der Waals surface area (Å²) in [4.78, 5) is 18.7. The molecule has 1 saturated carbocycles. The number of hydrogen-bond donors (Lipinski definition) is 0. The van der Waals surface area contributed by atoms with E-state index in [0.717, 1.165) is 12.8 Å². The summed E-state index contributed by atoms with van der Waals surface area (Å²) in [6, 6.07) is 2.01. The first-order valence-corrected chi connectivity index (χ1v) is 7.66. The van der Waals surface area contributed by atoms with E-state index >= 15 is 0 Å². The molecule has 20 heavy (non-hydrogen) atoms. The molecule has 0 saturated heterocycles. The summed E-state index contributed by atoms with van der Waals surface area (Å²) >= 11 is 5.88. The molecule has 1 amide bonds. The van der Waals surface area contributed by atoms with Crippen LogP contribution in [0.2, 0.25) is 0 Å². The molecular formula is C15H21ClN2O2. The lowest BCUT2D eigenvalue weighted by Crippen LogP contribution is -2.42. The summed E-state index contributed by atoms with van der Waals surface area (Å²) in [5.41, 5.74) is 0.568. The average molecular weight is 297 g/mol. The first kappa shape index (κ1) is 15.1. The third kappa shape index (κ3) is 3.42. The fraction of sp³-hybridized carbons (Fsp3) is 0.600. The highest BCUT2D eigenvalue weighted by molar-refractivity contribution is 6.18. The number of pyridine rings is 1. The van der Waals surface area contributed by atoms with E-state index in [1.807, 2.05) is 4.90 Å². The Labute approximate surface area is 125 Å². The van der Waals surface area contributed by atoms with Gasteiger partial charge in [0.25, 0.3) is 5.91 Å². The molecule has 1 fully saturated rings. The molecule has 0 N–H and O–H groups in total. The van der Waals surface area contributed by atoms with Crippen LogP contribution in [0.3, 0.4) is 0 Å². The average Bonchev–Trinajstić information content (AvgIpc) is 2.52. The van der Waals surface area contributed by atoms with E-state index in [2.05, 4.69) is 4.98 Å². The Hall–Kier alpha value is -1.29. The van der Waals surface area contributed by atoms with Crippen LogP contribution in [0.5, 0.6) is 5.75 Å². The number of halogens is 1. The Balaban J connectivity index is 2.21. The van der Waals surface area contributed by atoms with Crippen molar-refractivity contribution in [1.29, 1.82) is 0 Å². The van der Waals surface area contributed by atoms with Crippen LogP contribution < -0.4 is 4.74 Å². The smallest absolute Gasteiger partial charge is 0.258 e. The van der Waals surface area contributed by atoms with Crippen LogP contribution >= 0.6 is 11.6 Å². The van der Waals surface area contributed by atoms with Gasteiger partial charge in [-0.05, 0) is 18.9 Å². The van der Waals surface area contributed by atoms with Crippen molar-refractivity contribution in [2.45, 2.75) is 38.1 Å². The van der Waals surface area contributed by atoms with E-state index in [-0.39, 0.29) is 5.91 Å². The van der Waals surface area contributed by atoms with E-state index < -0.39 is 0 Å². The predicted molar refractivity (Wildman–Crippen MR) is 79.4 cm³/mol. The number of nitrogens with zero attached hydrogens (tertiary/aromatic N) is 2. The van der Waals surface area contributed by atoms with Crippen LogP contribution in [-0.2, 0) is 0 Å². The normalized spacial score (nSPS) is 15.9. The summed E-state index contributed by atoms with van der Waals surface area (Å²) < 4.78 is 5.24. The third-order valence-corrected chi connectivity index (χ3v) is 4.01. The Morgan fingerprint density at radius 2 is 2.20 bits per heavy atom. The molecule has 1 heterocycles. The number of amides is 1. The molecule has 0 bridgehead atoms. The zero-order valence-electron chi connectivity index (χ0n) is 11.8. The number of methoxy groups -OCH3 is 1. The highest BCUT2D eigenvalue weighted by Gasteiger charge is 2.27. The van der Waals surface area contributed by atoms with Crippen molar-refractivity contribution in [3.8, 4) is 5.75 Å². The van der Waals surface area contributed by atoms with E-state index in [1.54, 1.807) is 25.6 Å². The largest absolute Gasteiger partial charge is 0.494 e. The van der Waals surface area contributed by atoms with Gasteiger partial charge in [-0.15, -0.1) is 11.6 Å². The number of carbonyl (C=O) groups excluding carboxylic acids is 1. The van der Waals surface area contributed by atoms with Crippen molar-refractivity contribution in [3.05, 3.63) is 24.0 Å². The number of rotatable bonds is 5. The van der Waals surface area contributed by atoms with Crippen molar-refractivity contribution < 1.29 is 9.53 Å². The minimum absolute atomic E-state index is 0.00296. The first-order chi connectivity index (χ1) is 9.77.